The number of hydrogen-bond donors (Lipinski definition) is 0. The number of hydrogen-bond acceptors (Lipinski definition) is 3. The highest BCUT2D eigenvalue weighted by Gasteiger charge is 2.05. The van der Waals surface area contributed by atoms with E-state index in [0.717, 1.165) is 12.0 Å². The third-order valence-corrected chi connectivity index (χ3v) is 1.74. The minimum atomic E-state index is 0.633. The summed E-state index contributed by atoms with van der Waals surface area (Å²) in [6, 6.07) is 10.5. The monoisotopic (exact) mass is 173 g/mol. The summed E-state index contributed by atoms with van der Waals surface area (Å²) in [5, 5.41) is 3.85. The molecule has 0 fully saturated rings. The highest BCUT2D eigenvalue weighted by Crippen LogP contribution is 2.14. The molecule has 0 amide bonds. The lowest BCUT2D eigenvalue weighted by Crippen LogP contribution is -1.81. The zero-order chi connectivity index (χ0) is 9.10. The Bertz CT molecular complexity index is 381. The van der Waals surface area contributed by atoms with Gasteiger partial charge < -0.3 is 4.52 Å². The second-order valence-corrected chi connectivity index (χ2v) is 2.66. The van der Waals surface area contributed by atoms with Crippen LogP contribution in [0.4, 0.5) is 0 Å². The second kappa shape index (κ2) is 3.39. The molecule has 0 atom stereocenters. The highest BCUT2D eigenvalue weighted by atomic mass is 16.5. The van der Waals surface area contributed by atoms with Crippen LogP contribution in [0.15, 0.2) is 28.8 Å². The van der Waals surface area contributed by atoms with Gasteiger partial charge in [-0.1, -0.05) is 30.3 Å². The molecule has 1 aromatic carbocycles. The van der Waals surface area contributed by atoms with Gasteiger partial charge in [0.15, 0.2) is 0 Å². The Morgan fingerprint density at radius 2 is 2.46 bits per heavy atom. The van der Waals surface area contributed by atoms with Crippen molar-refractivity contribution >= 4 is 0 Å². The quantitative estimate of drug-likeness (QED) is 0.698. The van der Waals surface area contributed by atoms with Crippen LogP contribution < -0.4 is 0 Å². The SMILES string of the molecule is CCc1nc(-c2c[c]ccc2)no1. The van der Waals surface area contributed by atoms with Gasteiger partial charge in [0.1, 0.15) is 0 Å². The lowest BCUT2D eigenvalue weighted by atomic mass is 10.2. The predicted molar refractivity (Wildman–Crippen MR) is 47.9 cm³/mol. The van der Waals surface area contributed by atoms with Crippen LogP contribution in [0, 0.1) is 6.07 Å². The molecule has 0 saturated carbocycles. The van der Waals surface area contributed by atoms with Gasteiger partial charge in [-0.25, -0.2) is 0 Å². The number of benzene rings is 1. The van der Waals surface area contributed by atoms with Gasteiger partial charge in [-0.3, -0.25) is 0 Å². The van der Waals surface area contributed by atoms with E-state index < -0.39 is 0 Å². The smallest absolute Gasteiger partial charge is 0.226 e. The first-order valence-electron chi connectivity index (χ1n) is 4.19. The van der Waals surface area contributed by atoms with Crippen molar-refractivity contribution in [1.29, 1.82) is 0 Å². The fourth-order valence-corrected chi connectivity index (χ4v) is 1.05. The van der Waals surface area contributed by atoms with Gasteiger partial charge in [-0.05, 0) is 12.1 Å². The van der Waals surface area contributed by atoms with E-state index in [0.29, 0.717) is 11.7 Å². The normalized spacial score (nSPS) is 10.2. The summed E-state index contributed by atoms with van der Waals surface area (Å²) in [5.74, 6) is 1.30. The van der Waals surface area contributed by atoms with Crippen molar-refractivity contribution in [2.24, 2.45) is 0 Å². The zero-order valence-electron chi connectivity index (χ0n) is 7.32. The first kappa shape index (κ1) is 7.98. The molecule has 3 heteroatoms. The molecule has 1 radical (unpaired) electrons. The summed E-state index contributed by atoms with van der Waals surface area (Å²) < 4.78 is 4.99. The van der Waals surface area contributed by atoms with Crippen molar-refractivity contribution < 1.29 is 4.52 Å². The van der Waals surface area contributed by atoms with Crippen molar-refractivity contribution in [2.45, 2.75) is 13.3 Å². The summed E-state index contributed by atoms with van der Waals surface area (Å²) >= 11 is 0. The summed E-state index contributed by atoms with van der Waals surface area (Å²) in [6.45, 7) is 1.98. The van der Waals surface area contributed by atoms with Crippen LogP contribution >= 0.6 is 0 Å². The van der Waals surface area contributed by atoms with Crippen LogP contribution in [-0.2, 0) is 6.42 Å². The minimum Gasteiger partial charge on any atom is -0.339 e. The van der Waals surface area contributed by atoms with E-state index in [9.17, 15) is 0 Å². The van der Waals surface area contributed by atoms with Crippen LogP contribution in [0.2, 0.25) is 0 Å². The summed E-state index contributed by atoms with van der Waals surface area (Å²) in [6.07, 6.45) is 0.767. The minimum absolute atomic E-state index is 0.633. The third-order valence-electron chi connectivity index (χ3n) is 1.74. The molecule has 0 bridgehead atoms. The van der Waals surface area contributed by atoms with E-state index in [-0.39, 0.29) is 0 Å². The van der Waals surface area contributed by atoms with Gasteiger partial charge in [-0.2, -0.15) is 4.98 Å². The molecule has 13 heavy (non-hydrogen) atoms. The molecule has 2 aromatic rings. The summed E-state index contributed by atoms with van der Waals surface area (Å²) in [5.41, 5.74) is 0.936. The molecule has 65 valence electrons. The maximum absolute atomic E-state index is 4.99. The van der Waals surface area contributed by atoms with E-state index in [1.807, 2.05) is 31.2 Å². The molecule has 2 rings (SSSR count). The van der Waals surface area contributed by atoms with Crippen molar-refractivity contribution in [3.63, 3.8) is 0 Å². The lowest BCUT2D eigenvalue weighted by molar-refractivity contribution is 0.383. The highest BCUT2D eigenvalue weighted by molar-refractivity contribution is 5.53. The van der Waals surface area contributed by atoms with Crippen LogP contribution in [0.5, 0.6) is 0 Å². The fraction of sp³-hybridized carbons (Fsp3) is 0.200. The number of nitrogens with zero attached hydrogens (tertiary/aromatic N) is 2. The Kier molecular flexibility index (Phi) is 2.08. The first-order valence-corrected chi connectivity index (χ1v) is 4.19. The molecule has 3 nitrogen and oxygen atoms in total. The summed E-state index contributed by atoms with van der Waals surface area (Å²) in [4.78, 5) is 4.20. The molecule has 0 aliphatic heterocycles. The molecular formula is C10H9N2O. The van der Waals surface area contributed by atoms with E-state index in [1.54, 1.807) is 0 Å². The maximum atomic E-state index is 4.99. The molecular weight excluding hydrogens is 164 g/mol. The van der Waals surface area contributed by atoms with Gasteiger partial charge in [0, 0.05) is 12.0 Å². The van der Waals surface area contributed by atoms with Crippen LogP contribution in [0.1, 0.15) is 12.8 Å². The average molecular weight is 173 g/mol. The second-order valence-electron chi connectivity index (χ2n) is 2.66. The van der Waals surface area contributed by atoms with Gasteiger partial charge >= 0.3 is 0 Å². The average Bonchev–Trinajstić information content (AvgIpc) is 2.67. The fourth-order valence-electron chi connectivity index (χ4n) is 1.05. The van der Waals surface area contributed by atoms with E-state index in [4.69, 9.17) is 4.52 Å². The Labute approximate surface area is 76.4 Å². The molecule has 0 saturated heterocycles. The van der Waals surface area contributed by atoms with E-state index in [1.165, 1.54) is 0 Å². The summed E-state index contributed by atoms with van der Waals surface area (Å²) in [7, 11) is 0. The molecule has 1 heterocycles. The van der Waals surface area contributed by atoms with Gasteiger partial charge in [0.25, 0.3) is 0 Å². The molecule has 0 unspecified atom stereocenters. The van der Waals surface area contributed by atoms with E-state index in [2.05, 4.69) is 16.2 Å². The number of aromatic nitrogens is 2. The lowest BCUT2D eigenvalue weighted by Gasteiger charge is -1.89. The molecule has 0 aliphatic carbocycles. The van der Waals surface area contributed by atoms with Crippen molar-refractivity contribution in [3.05, 3.63) is 36.2 Å². The largest absolute Gasteiger partial charge is 0.339 e. The molecule has 1 aromatic heterocycles. The zero-order valence-corrected chi connectivity index (χ0v) is 7.32. The van der Waals surface area contributed by atoms with Crippen LogP contribution in [0.3, 0.4) is 0 Å². The standard InChI is InChI=1S/C10H9N2O/c1-2-9-11-10(12-13-9)8-6-4-3-5-7-8/h3-4,6-7H,2H2,1H3. The van der Waals surface area contributed by atoms with Crippen molar-refractivity contribution in [3.8, 4) is 11.4 Å². The van der Waals surface area contributed by atoms with Crippen LogP contribution in [-0.4, -0.2) is 10.1 Å². The Balaban J connectivity index is 2.36. The van der Waals surface area contributed by atoms with Gasteiger partial charge in [0.2, 0.25) is 11.7 Å². The molecule has 0 aliphatic rings. The Morgan fingerprint density at radius 1 is 1.54 bits per heavy atom. The number of rotatable bonds is 2. The first-order chi connectivity index (χ1) is 6.40. The van der Waals surface area contributed by atoms with Gasteiger partial charge in [-0.15, -0.1) is 0 Å². The maximum Gasteiger partial charge on any atom is 0.226 e. The Morgan fingerprint density at radius 3 is 3.08 bits per heavy atom. The topological polar surface area (TPSA) is 38.9 Å². The number of aryl methyl sites for hydroxylation is 1. The van der Waals surface area contributed by atoms with Gasteiger partial charge in [0.05, 0.1) is 0 Å². The van der Waals surface area contributed by atoms with Crippen molar-refractivity contribution in [2.75, 3.05) is 0 Å². The molecule has 0 spiro atoms. The molecule has 0 N–H and O–H groups in total. The van der Waals surface area contributed by atoms with Crippen LogP contribution in [0.25, 0.3) is 11.4 Å². The third kappa shape index (κ3) is 1.59. The predicted octanol–water partition coefficient (Wildman–Crippen LogP) is 2.10. The van der Waals surface area contributed by atoms with Crippen molar-refractivity contribution in [1.82, 2.24) is 10.1 Å². The van der Waals surface area contributed by atoms with E-state index >= 15 is 0 Å². The Hall–Kier alpha value is -1.64.